The van der Waals surface area contributed by atoms with Gasteiger partial charge in [-0.05, 0) is 49.4 Å². The molecule has 1 saturated carbocycles. The van der Waals surface area contributed by atoms with Crippen LogP contribution in [0.2, 0.25) is 0 Å². The van der Waals surface area contributed by atoms with Crippen molar-refractivity contribution >= 4 is 0 Å². The molecule has 1 nitrogen and oxygen atoms in total. The molecule has 1 aromatic rings. The lowest BCUT2D eigenvalue weighted by atomic mass is 9.83. The molecule has 0 bridgehead atoms. The Balaban J connectivity index is 2.12. The van der Waals surface area contributed by atoms with Gasteiger partial charge in [-0.25, -0.2) is 4.39 Å². The van der Waals surface area contributed by atoms with Crippen LogP contribution >= 0.6 is 0 Å². The van der Waals surface area contributed by atoms with Gasteiger partial charge in [0, 0.05) is 6.04 Å². The van der Waals surface area contributed by atoms with E-state index >= 15 is 0 Å². The molecule has 0 radical (unpaired) electrons. The van der Waals surface area contributed by atoms with E-state index < -0.39 is 0 Å². The zero-order chi connectivity index (χ0) is 14.2. The Bertz CT molecular complexity index is 383. The summed E-state index contributed by atoms with van der Waals surface area (Å²) in [5.74, 6) is 0.542. The van der Waals surface area contributed by atoms with Crippen LogP contribution in [0.15, 0.2) is 24.3 Å². The quantitative estimate of drug-likeness (QED) is 0.777. The summed E-state index contributed by atoms with van der Waals surface area (Å²) in [4.78, 5) is 0. The first-order chi connectivity index (χ1) is 9.81. The van der Waals surface area contributed by atoms with Crippen molar-refractivity contribution in [3.05, 3.63) is 35.6 Å². The van der Waals surface area contributed by atoms with Gasteiger partial charge in [-0.15, -0.1) is 0 Å². The Hall–Kier alpha value is -0.890. The van der Waals surface area contributed by atoms with Crippen molar-refractivity contribution in [3.63, 3.8) is 0 Å². The van der Waals surface area contributed by atoms with E-state index in [1.165, 1.54) is 44.9 Å². The van der Waals surface area contributed by atoms with Gasteiger partial charge in [0.25, 0.3) is 0 Å². The second-order valence-corrected chi connectivity index (χ2v) is 6.09. The minimum absolute atomic E-state index is 0.114. The SMILES string of the molecule is CCCNC(c1cccc(F)c1)C1CCCCCCC1. The lowest BCUT2D eigenvalue weighted by Crippen LogP contribution is -2.29. The summed E-state index contributed by atoms with van der Waals surface area (Å²) in [6, 6.07) is 7.50. The fraction of sp³-hybridized carbons (Fsp3) is 0.667. The van der Waals surface area contributed by atoms with Gasteiger partial charge in [0.2, 0.25) is 0 Å². The van der Waals surface area contributed by atoms with E-state index in [9.17, 15) is 4.39 Å². The summed E-state index contributed by atoms with van der Waals surface area (Å²) in [5.41, 5.74) is 1.13. The predicted octanol–water partition coefficient (Wildman–Crippen LogP) is 5.23. The molecule has 0 aromatic heterocycles. The average Bonchev–Trinajstić information content (AvgIpc) is 2.41. The molecular formula is C18H28FN. The van der Waals surface area contributed by atoms with E-state index in [1.54, 1.807) is 12.1 Å². The van der Waals surface area contributed by atoms with E-state index in [1.807, 2.05) is 6.07 Å². The van der Waals surface area contributed by atoms with E-state index in [-0.39, 0.29) is 5.82 Å². The van der Waals surface area contributed by atoms with Crippen LogP contribution in [0, 0.1) is 11.7 Å². The lowest BCUT2D eigenvalue weighted by molar-refractivity contribution is 0.288. The van der Waals surface area contributed by atoms with Crippen LogP contribution in [-0.4, -0.2) is 6.54 Å². The van der Waals surface area contributed by atoms with Gasteiger partial charge in [0.05, 0.1) is 0 Å². The third-order valence-electron chi connectivity index (χ3n) is 4.44. The Labute approximate surface area is 123 Å². The Kier molecular flexibility index (Phi) is 6.52. The third-order valence-corrected chi connectivity index (χ3v) is 4.44. The zero-order valence-electron chi connectivity index (χ0n) is 12.7. The van der Waals surface area contributed by atoms with Crippen molar-refractivity contribution in [1.29, 1.82) is 0 Å². The second kappa shape index (κ2) is 8.41. The van der Waals surface area contributed by atoms with Crippen LogP contribution in [0.25, 0.3) is 0 Å². The number of hydrogen-bond donors (Lipinski definition) is 1. The topological polar surface area (TPSA) is 12.0 Å². The van der Waals surface area contributed by atoms with E-state index in [0.717, 1.165) is 18.5 Å². The fourth-order valence-corrected chi connectivity index (χ4v) is 3.38. The normalized spacial score (nSPS) is 19.3. The van der Waals surface area contributed by atoms with Crippen LogP contribution < -0.4 is 5.32 Å². The molecule has 1 atom stereocenters. The molecule has 0 amide bonds. The highest BCUT2D eigenvalue weighted by atomic mass is 19.1. The van der Waals surface area contributed by atoms with Crippen molar-refractivity contribution in [3.8, 4) is 0 Å². The van der Waals surface area contributed by atoms with Crippen LogP contribution in [0.1, 0.15) is 69.9 Å². The monoisotopic (exact) mass is 277 g/mol. The number of benzene rings is 1. The minimum atomic E-state index is -0.114. The number of nitrogens with one attached hydrogen (secondary N) is 1. The summed E-state index contributed by atoms with van der Waals surface area (Å²) in [6.07, 6.45) is 10.4. The van der Waals surface area contributed by atoms with E-state index in [2.05, 4.69) is 18.3 Å². The molecule has 112 valence electrons. The highest BCUT2D eigenvalue weighted by molar-refractivity contribution is 5.21. The molecule has 0 heterocycles. The summed E-state index contributed by atoms with van der Waals surface area (Å²) in [7, 11) is 0. The van der Waals surface area contributed by atoms with Crippen molar-refractivity contribution in [2.24, 2.45) is 5.92 Å². The standard InChI is InChI=1S/C18H28FN/c1-2-13-20-18(16-11-8-12-17(19)14-16)15-9-6-4-3-5-7-10-15/h8,11-12,14-15,18,20H,2-7,9-10,13H2,1H3. The first kappa shape index (κ1) is 15.5. The van der Waals surface area contributed by atoms with Crippen LogP contribution in [0.5, 0.6) is 0 Å². The smallest absolute Gasteiger partial charge is 0.123 e. The van der Waals surface area contributed by atoms with Crippen LogP contribution in [0.4, 0.5) is 4.39 Å². The van der Waals surface area contributed by atoms with Gasteiger partial charge in [0.15, 0.2) is 0 Å². The van der Waals surface area contributed by atoms with Crippen molar-refractivity contribution in [2.75, 3.05) is 6.54 Å². The summed E-state index contributed by atoms with van der Waals surface area (Å²) >= 11 is 0. The fourth-order valence-electron chi connectivity index (χ4n) is 3.38. The van der Waals surface area contributed by atoms with E-state index in [4.69, 9.17) is 0 Å². The molecule has 20 heavy (non-hydrogen) atoms. The molecular weight excluding hydrogens is 249 g/mol. The van der Waals surface area contributed by atoms with Crippen molar-refractivity contribution in [2.45, 2.75) is 64.3 Å². The molecule has 1 aromatic carbocycles. The minimum Gasteiger partial charge on any atom is -0.310 e. The molecule has 1 fully saturated rings. The zero-order valence-corrected chi connectivity index (χ0v) is 12.7. The highest BCUT2D eigenvalue weighted by Gasteiger charge is 2.23. The molecule has 1 aliphatic carbocycles. The number of rotatable bonds is 5. The molecule has 2 rings (SSSR count). The Morgan fingerprint density at radius 2 is 1.85 bits per heavy atom. The maximum absolute atomic E-state index is 13.5. The maximum atomic E-state index is 13.5. The second-order valence-electron chi connectivity index (χ2n) is 6.09. The molecule has 2 heteroatoms. The highest BCUT2D eigenvalue weighted by Crippen LogP contribution is 2.33. The van der Waals surface area contributed by atoms with Gasteiger partial charge < -0.3 is 5.32 Å². The van der Waals surface area contributed by atoms with Crippen LogP contribution in [0.3, 0.4) is 0 Å². The largest absolute Gasteiger partial charge is 0.310 e. The van der Waals surface area contributed by atoms with Crippen LogP contribution in [-0.2, 0) is 0 Å². The number of halogens is 1. The first-order valence-corrected chi connectivity index (χ1v) is 8.30. The van der Waals surface area contributed by atoms with Crippen molar-refractivity contribution in [1.82, 2.24) is 5.32 Å². The maximum Gasteiger partial charge on any atom is 0.123 e. The van der Waals surface area contributed by atoms with Gasteiger partial charge >= 0.3 is 0 Å². The molecule has 1 N–H and O–H groups in total. The number of hydrogen-bond acceptors (Lipinski definition) is 1. The Morgan fingerprint density at radius 3 is 2.50 bits per heavy atom. The summed E-state index contributed by atoms with van der Waals surface area (Å²) in [5, 5.41) is 3.66. The first-order valence-electron chi connectivity index (χ1n) is 8.30. The lowest BCUT2D eigenvalue weighted by Gasteiger charge is -2.30. The molecule has 1 unspecified atom stereocenters. The molecule has 0 spiro atoms. The van der Waals surface area contributed by atoms with Gasteiger partial charge in [-0.1, -0.05) is 51.2 Å². The summed E-state index contributed by atoms with van der Waals surface area (Å²) in [6.45, 7) is 3.20. The third kappa shape index (κ3) is 4.59. The summed E-state index contributed by atoms with van der Waals surface area (Å²) < 4.78 is 13.5. The molecule has 1 aliphatic rings. The van der Waals surface area contributed by atoms with Gasteiger partial charge in [0.1, 0.15) is 5.82 Å². The Morgan fingerprint density at radius 1 is 1.15 bits per heavy atom. The molecule has 0 aliphatic heterocycles. The predicted molar refractivity (Wildman–Crippen MR) is 83.2 cm³/mol. The molecule has 0 saturated heterocycles. The average molecular weight is 277 g/mol. The van der Waals surface area contributed by atoms with E-state index in [0.29, 0.717) is 12.0 Å². The van der Waals surface area contributed by atoms with Gasteiger partial charge in [-0.2, -0.15) is 0 Å². The van der Waals surface area contributed by atoms with Crippen molar-refractivity contribution < 1.29 is 4.39 Å². The van der Waals surface area contributed by atoms with Gasteiger partial charge in [-0.3, -0.25) is 0 Å².